The first-order valence-electron chi connectivity index (χ1n) is 13.4. The highest BCUT2D eigenvalue weighted by molar-refractivity contribution is 6.04. The molecule has 0 bridgehead atoms. The summed E-state index contributed by atoms with van der Waals surface area (Å²) < 4.78 is 0. The minimum absolute atomic E-state index is 0.0889. The lowest BCUT2D eigenvalue weighted by molar-refractivity contribution is -0.135. The van der Waals surface area contributed by atoms with Gasteiger partial charge >= 0.3 is 6.03 Å². The second-order valence-electron chi connectivity index (χ2n) is 10.5. The number of piperazine rings is 1. The van der Waals surface area contributed by atoms with Crippen molar-refractivity contribution in [2.24, 2.45) is 0 Å². The van der Waals surface area contributed by atoms with E-state index in [0.717, 1.165) is 54.6 Å². The molecule has 3 aliphatic heterocycles. The Labute approximate surface area is 226 Å². The maximum atomic E-state index is 13.5. The SMILES string of the molecule is CN1CCN(c2ncc(-c3ccc4ncc5c(c4n3)N(C3CCN(C(=O)CO)CC3)C(=O)N(C)C5)cn2)CC1. The number of carbonyl (C=O) groups excluding carboxylic acids is 2. The second-order valence-corrected chi connectivity index (χ2v) is 10.5. The quantitative estimate of drug-likeness (QED) is 0.529. The van der Waals surface area contributed by atoms with Crippen LogP contribution in [0, 0.1) is 0 Å². The number of aromatic nitrogens is 4. The number of piperidine rings is 1. The molecule has 2 fully saturated rings. The van der Waals surface area contributed by atoms with Gasteiger partial charge in [-0.3, -0.25) is 14.7 Å². The molecule has 204 valence electrons. The van der Waals surface area contributed by atoms with Gasteiger partial charge in [0.25, 0.3) is 0 Å². The zero-order valence-corrected chi connectivity index (χ0v) is 22.3. The molecule has 12 heteroatoms. The van der Waals surface area contributed by atoms with Crippen LogP contribution in [0.4, 0.5) is 16.4 Å². The summed E-state index contributed by atoms with van der Waals surface area (Å²) in [5.41, 5.74) is 4.62. The molecule has 3 amide bonds. The van der Waals surface area contributed by atoms with Crippen molar-refractivity contribution in [2.75, 3.05) is 69.8 Å². The van der Waals surface area contributed by atoms with Crippen molar-refractivity contribution >= 4 is 34.6 Å². The zero-order chi connectivity index (χ0) is 27.1. The number of hydrogen-bond acceptors (Lipinski definition) is 9. The van der Waals surface area contributed by atoms with Crippen molar-refractivity contribution in [1.29, 1.82) is 0 Å². The van der Waals surface area contributed by atoms with Crippen LogP contribution in [0.25, 0.3) is 22.3 Å². The number of pyridine rings is 2. The molecule has 0 aromatic carbocycles. The summed E-state index contributed by atoms with van der Waals surface area (Å²) in [6.07, 6.45) is 6.68. The predicted octanol–water partition coefficient (Wildman–Crippen LogP) is 1.19. The highest BCUT2D eigenvalue weighted by Gasteiger charge is 2.37. The van der Waals surface area contributed by atoms with E-state index in [2.05, 4.69) is 31.8 Å². The molecular weight excluding hydrogens is 498 g/mol. The first kappa shape index (κ1) is 25.4. The number of amides is 3. The van der Waals surface area contributed by atoms with Gasteiger partial charge in [-0.1, -0.05) is 0 Å². The Kier molecular flexibility index (Phi) is 6.73. The van der Waals surface area contributed by atoms with Crippen molar-refractivity contribution in [2.45, 2.75) is 25.4 Å². The minimum atomic E-state index is -0.498. The van der Waals surface area contributed by atoms with Gasteiger partial charge in [0.1, 0.15) is 12.1 Å². The van der Waals surface area contributed by atoms with E-state index in [1.165, 1.54) is 0 Å². The van der Waals surface area contributed by atoms with Crippen molar-refractivity contribution in [1.82, 2.24) is 34.6 Å². The molecular formula is C27H33N9O3. The monoisotopic (exact) mass is 531 g/mol. The van der Waals surface area contributed by atoms with Crippen LogP contribution in [0.1, 0.15) is 18.4 Å². The lowest BCUT2D eigenvalue weighted by atomic mass is 9.99. The van der Waals surface area contributed by atoms with E-state index in [1.54, 1.807) is 16.8 Å². The molecule has 6 rings (SSSR count). The summed E-state index contributed by atoms with van der Waals surface area (Å²) in [5, 5.41) is 9.25. The van der Waals surface area contributed by atoms with Gasteiger partial charge in [-0.05, 0) is 32.0 Å². The molecule has 0 spiro atoms. The molecule has 3 aromatic heterocycles. The number of carbonyl (C=O) groups is 2. The van der Waals surface area contributed by atoms with Crippen molar-refractivity contribution < 1.29 is 14.7 Å². The van der Waals surface area contributed by atoms with Crippen LogP contribution in [0.3, 0.4) is 0 Å². The van der Waals surface area contributed by atoms with Crippen LogP contribution in [0.5, 0.6) is 0 Å². The number of likely N-dealkylation sites (tertiary alicyclic amines) is 1. The normalized spacial score (nSPS) is 19.1. The first-order valence-corrected chi connectivity index (χ1v) is 13.4. The Morgan fingerprint density at radius 2 is 1.69 bits per heavy atom. The molecule has 0 unspecified atom stereocenters. The van der Waals surface area contributed by atoms with E-state index >= 15 is 0 Å². The van der Waals surface area contributed by atoms with Crippen molar-refractivity contribution in [3.63, 3.8) is 0 Å². The molecule has 1 N–H and O–H groups in total. The van der Waals surface area contributed by atoms with Crippen LogP contribution < -0.4 is 9.80 Å². The smallest absolute Gasteiger partial charge is 0.324 e. The van der Waals surface area contributed by atoms with Crippen molar-refractivity contribution in [3.8, 4) is 11.3 Å². The van der Waals surface area contributed by atoms with Crippen LogP contribution >= 0.6 is 0 Å². The van der Waals surface area contributed by atoms with Gasteiger partial charge in [-0.15, -0.1) is 0 Å². The summed E-state index contributed by atoms with van der Waals surface area (Å²) in [4.78, 5) is 54.1. The number of likely N-dealkylation sites (N-methyl/N-ethyl adjacent to an activating group) is 1. The minimum Gasteiger partial charge on any atom is -0.387 e. The Balaban J connectivity index is 1.33. The van der Waals surface area contributed by atoms with E-state index in [-0.39, 0.29) is 18.0 Å². The Bertz CT molecular complexity index is 1380. The third-order valence-electron chi connectivity index (χ3n) is 7.98. The molecule has 3 aromatic rings. The van der Waals surface area contributed by atoms with Crippen LogP contribution in [0.15, 0.2) is 30.7 Å². The summed E-state index contributed by atoms with van der Waals surface area (Å²) in [6.45, 7) is 4.69. The highest BCUT2D eigenvalue weighted by atomic mass is 16.3. The third kappa shape index (κ3) is 4.74. The molecule has 0 atom stereocenters. The molecule has 39 heavy (non-hydrogen) atoms. The Morgan fingerprint density at radius 3 is 2.38 bits per heavy atom. The molecule has 0 aliphatic carbocycles. The second kappa shape index (κ2) is 10.3. The van der Waals surface area contributed by atoms with Gasteiger partial charge in [-0.2, -0.15) is 0 Å². The molecule has 2 saturated heterocycles. The van der Waals surface area contributed by atoms with Gasteiger partial charge < -0.3 is 24.7 Å². The topological polar surface area (TPSA) is 122 Å². The van der Waals surface area contributed by atoms with Gasteiger partial charge in [-0.25, -0.2) is 19.7 Å². The molecule has 6 heterocycles. The van der Waals surface area contributed by atoms with E-state index in [9.17, 15) is 14.7 Å². The average Bonchev–Trinajstić information content (AvgIpc) is 2.98. The number of aliphatic hydroxyl groups excluding tert-OH is 1. The van der Waals surface area contributed by atoms with Gasteiger partial charge in [0.15, 0.2) is 0 Å². The summed E-state index contributed by atoms with van der Waals surface area (Å²) in [5.74, 6) is 0.440. The van der Waals surface area contributed by atoms with E-state index in [4.69, 9.17) is 4.98 Å². The fourth-order valence-electron chi connectivity index (χ4n) is 5.67. The summed E-state index contributed by atoms with van der Waals surface area (Å²) >= 11 is 0. The van der Waals surface area contributed by atoms with E-state index in [1.807, 2.05) is 35.6 Å². The van der Waals surface area contributed by atoms with Gasteiger partial charge in [0.2, 0.25) is 11.9 Å². The fraction of sp³-hybridized carbons (Fsp3) is 0.481. The zero-order valence-electron chi connectivity index (χ0n) is 22.3. The summed E-state index contributed by atoms with van der Waals surface area (Å²) in [7, 11) is 3.91. The standard InChI is InChI=1S/C27H33N9O3/c1-32-9-11-35(12-10-32)26-29-13-18(14-30-26)21-3-4-22-24(31-21)25-19(15-28-22)16-33(2)27(39)36(25)20-5-7-34(8-6-20)23(38)17-37/h3-4,13-15,20,37H,5-12,16-17H2,1-2H3. The molecule has 12 nitrogen and oxygen atoms in total. The molecule has 3 aliphatic rings. The van der Waals surface area contributed by atoms with Gasteiger partial charge in [0, 0.05) is 82.1 Å². The number of rotatable bonds is 4. The number of aliphatic hydroxyl groups is 1. The maximum absolute atomic E-state index is 13.5. The van der Waals surface area contributed by atoms with E-state index < -0.39 is 6.61 Å². The molecule has 0 radical (unpaired) electrons. The largest absolute Gasteiger partial charge is 0.387 e. The number of urea groups is 1. The van der Waals surface area contributed by atoms with Crippen LogP contribution in [0.2, 0.25) is 0 Å². The van der Waals surface area contributed by atoms with Crippen LogP contribution in [-0.4, -0.2) is 118 Å². The van der Waals surface area contributed by atoms with E-state index in [0.29, 0.717) is 43.5 Å². The number of anilines is 2. The maximum Gasteiger partial charge on any atom is 0.324 e. The lowest BCUT2D eigenvalue weighted by Crippen LogP contribution is -2.54. The Hall–Kier alpha value is -3.90. The molecule has 0 saturated carbocycles. The fourth-order valence-corrected chi connectivity index (χ4v) is 5.67. The average molecular weight is 532 g/mol. The lowest BCUT2D eigenvalue weighted by Gasteiger charge is -2.43. The van der Waals surface area contributed by atoms with Gasteiger partial charge in [0.05, 0.1) is 23.4 Å². The first-order chi connectivity index (χ1) is 18.9. The predicted molar refractivity (Wildman–Crippen MR) is 146 cm³/mol. The Morgan fingerprint density at radius 1 is 0.974 bits per heavy atom. The third-order valence-corrected chi connectivity index (χ3v) is 7.98. The number of hydrogen-bond donors (Lipinski definition) is 1. The number of fused-ring (bicyclic) bond motifs is 3. The highest BCUT2D eigenvalue weighted by Crippen LogP contribution is 2.37. The van der Waals surface area contributed by atoms with Crippen molar-refractivity contribution in [3.05, 3.63) is 36.3 Å². The van der Waals surface area contributed by atoms with Crippen LogP contribution in [-0.2, 0) is 11.3 Å². The number of nitrogens with zero attached hydrogens (tertiary/aromatic N) is 9. The summed E-state index contributed by atoms with van der Waals surface area (Å²) in [6, 6.07) is 3.66.